The van der Waals surface area contributed by atoms with Crippen LogP contribution in [0.2, 0.25) is 0 Å². The Hall–Kier alpha value is -3.38. The van der Waals surface area contributed by atoms with E-state index in [9.17, 15) is 9.90 Å². The largest absolute Gasteiger partial charge is 0.491 e. The molecule has 7 heteroatoms. The van der Waals surface area contributed by atoms with Crippen molar-refractivity contribution < 1.29 is 14.6 Å². The molecule has 1 unspecified atom stereocenters. The van der Waals surface area contributed by atoms with Crippen molar-refractivity contribution in [1.82, 2.24) is 14.8 Å². The van der Waals surface area contributed by atoms with Crippen LogP contribution in [0.15, 0.2) is 73.1 Å². The van der Waals surface area contributed by atoms with Crippen molar-refractivity contribution >= 4 is 23.1 Å². The number of hydrogen-bond donors (Lipinski definition) is 1. The second-order valence-corrected chi connectivity index (χ2v) is 9.08. The molecular weight excluding hydrogens is 438 g/mol. The minimum absolute atomic E-state index is 0.0731. The lowest BCUT2D eigenvalue weighted by Gasteiger charge is -2.28. The number of hydrogen-bond acceptors (Lipinski definition) is 4. The van der Waals surface area contributed by atoms with Gasteiger partial charge in [-0.05, 0) is 47.7 Å². The summed E-state index contributed by atoms with van der Waals surface area (Å²) in [6, 6.07) is 15.7. The fourth-order valence-corrected chi connectivity index (χ4v) is 4.41. The van der Waals surface area contributed by atoms with Crippen LogP contribution in [0.1, 0.15) is 41.3 Å². The van der Waals surface area contributed by atoms with E-state index in [2.05, 4.69) is 35.2 Å². The topological polar surface area (TPSA) is 77.2 Å². The van der Waals surface area contributed by atoms with Gasteiger partial charge in [0.05, 0.1) is 12.3 Å². The standard InChI is InChI=1S/C26H26ClN3O3/c1-18-6-3-4-8-22(18)20-7-5-13-26(27,15-20)16-33-21-11-9-19(10-12-21)23(14-24(31)32)25-28-17-29-30(25)2/h3-13,17,23H,14-16H2,1-2H3,(H,31,32)/t23-,26?/m0/s1. The van der Waals surface area contributed by atoms with Crippen LogP contribution in [0.5, 0.6) is 5.75 Å². The first-order valence-corrected chi connectivity index (χ1v) is 11.1. The zero-order chi connectivity index (χ0) is 23.4. The van der Waals surface area contributed by atoms with Crippen molar-refractivity contribution in [3.05, 3.63) is 95.6 Å². The Morgan fingerprint density at radius 2 is 2.00 bits per heavy atom. The van der Waals surface area contributed by atoms with Crippen LogP contribution in [0.3, 0.4) is 0 Å². The van der Waals surface area contributed by atoms with Gasteiger partial charge >= 0.3 is 5.97 Å². The number of carbonyl (C=O) groups is 1. The number of aliphatic carboxylic acids is 1. The number of carboxylic acids is 1. The quantitative estimate of drug-likeness (QED) is 0.468. The van der Waals surface area contributed by atoms with E-state index < -0.39 is 16.8 Å². The molecule has 0 aliphatic heterocycles. The summed E-state index contributed by atoms with van der Waals surface area (Å²) in [5.74, 6) is -0.0136. The number of aromatic nitrogens is 3. The van der Waals surface area contributed by atoms with Gasteiger partial charge < -0.3 is 9.84 Å². The molecule has 0 amide bonds. The number of benzene rings is 2. The Kier molecular flexibility index (Phi) is 6.65. The van der Waals surface area contributed by atoms with Gasteiger partial charge in [-0.1, -0.05) is 54.6 Å². The number of carboxylic acid groups (broad SMARTS) is 1. The highest BCUT2D eigenvalue weighted by molar-refractivity contribution is 6.26. The fraction of sp³-hybridized carbons (Fsp3) is 0.269. The van der Waals surface area contributed by atoms with Gasteiger partial charge in [0, 0.05) is 7.05 Å². The van der Waals surface area contributed by atoms with Gasteiger partial charge in [-0.3, -0.25) is 9.48 Å². The number of halogens is 1. The molecule has 1 N–H and O–H groups in total. The molecule has 3 aromatic rings. The summed E-state index contributed by atoms with van der Waals surface area (Å²) in [6.07, 6.45) is 8.09. The van der Waals surface area contributed by atoms with Crippen molar-refractivity contribution in [2.24, 2.45) is 7.05 Å². The fourth-order valence-electron chi connectivity index (χ4n) is 4.14. The van der Waals surface area contributed by atoms with Crippen LogP contribution in [0.4, 0.5) is 0 Å². The maximum atomic E-state index is 11.4. The first-order chi connectivity index (χ1) is 15.8. The Labute approximate surface area is 198 Å². The highest BCUT2D eigenvalue weighted by Gasteiger charge is 2.29. The van der Waals surface area contributed by atoms with E-state index in [4.69, 9.17) is 16.3 Å². The molecule has 0 bridgehead atoms. The van der Waals surface area contributed by atoms with Gasteiger partial charge in [-0.15, -0.1) is 11.6 Å². The predicted molar refractivity (Wildman–Crippen MR) is 129 cm³/mol. The third-order valence-electron chi connectivity index (χ3n) is 5.87. The molecule has 0 radical (unpaired) electrons. The van der Waals surface area contributed by atoms with Crippen LogP contribution in [0, 0.1) is 6.92 Å². The van der Waals surface area contributed by atoms with E-state index in [0.29, 0.717) is 24.6 Å². The molecule has 0 spiro atoms. The van der Waals surface area contributed by atoms with Crippen LogP contribution in [-0.2, 0) is 11.8 Å². The Morgan fingerprint density at radius 3 is 2.67 bits per heavy atom. The van der Waals surface area contributed by atoms with E-state index in [1.165, 1.54) is 23.0 Å². The molecule has 170 valence electrons. The molecule has 33 heavy (non-hydrogen) atoms. The molecule has 1 aliphatic rings. The van der Waals surface area contributed by atoms with Crippen molar-refractivity contribution in [1.29, 1.82) is 0 Å². The van der Waals surface area contributed by atoms with Gasteiger partial charge in [0.2, 0.25) is 0 Å². The lowest BCUT2D eigenvalue weighted by atomic mass is 9.88. The zero-order valence-corrected chi connectivity index (χ0v) is 19.4. The average molecular weight is 464 g/mol. The van der Waals surface area contributed by atoms with Crippen LogP contribution >= 0.6 is 11.6 Å². The minimum atomic E-state index is -0.894. The van der Waals surface area contributed by atoms with Gasteiger partial charge in [-0.2, -0.15) is 5.10 Å². The molecule has 4 rings (SSSR count). The molecule has 0 saturated heterocycles. The van der Waals surface area contributed by atoms with Crippen LogP contribution < -0.4 is 4.74 Å². The van der Waals surface area contributed by atoms with Gasteiger partial charge in [-0.25, -0.2) is 4.98 Å². The minimum Gasteiger partial charge on any atom is -0.491 e. The van der Waals surface area contributed by atoms with Gasteiger partial charge in [0.15, 0.2) is 0 Å². The molecule has 2 aromatic carbocycles. The summed E-state index contributed by atoms with van der Waals surface area (Å²) < 4.78 is 7.63. The third kappa shape index (κ3) is 5.34. The van der Waals surface area contributed by atoms with E-state index >= 15 is 0 Å². The van der Waals surface area contributed by atoms with Gasteiger partial charge in [0.1, 0.15) is 29.4 Å². The maximum Gasteiger partial charge on any atom is 0.304 e. The number of nitrogens with zero attached hydrogens (tertiary/aromatic N) is 3. The molecule has 0 fully saturated rings. The molecule has 6 nitrogen and oxygen atoms in total. The number of ether oxygens (including phenoxy) is 1. The van der Waals surface area contributed by atoms with Crippen LogP contribution in [-0.4, -0.2) is 37.3 Å². The molecule has 0 saturated carbocycles. The maximum absolute atomic E-state index is 11.4. The second kappa shape index (κ2) is 9.63. The van der Waals surface area contributed by atoms with Crippen molar-refractivity contribution in [3.63, 3.8) is 0 Å². The van der Waals surface area contributed by atoms with Crippen molar-refractivity contribution in [3.8, 4) is 5.75 Å². The van der Waals surface area contributed by atoms with E-state index in [-0.39, 0.29) is 6.42 Å². The monoisotopic (exact) mass is 463 g/mol. The van der Waals surface area contributed by atoms with E-state index in [1.807, 2.05) is 48.6 Å². The lowest BCUT2D eigenvalue weighted by Crippen LogP contribution is -2.29. The molecular formula is C26H26ClN3O3. The molecule has 1 aromatic heterocycles. The molecule has 2 atom stereocenters. The Morgan fingerprint density at radius 1 is 1.24 bits per heavy atom. The summed E-state index contributed by atoms with van der Waals surface area (Å²) in [5.41, 5.74) is 4.44. The number of allylic oxidation sites excluding steroid dienone is 3. The summed E-state index contributed by atoms with van der Waals surface area (Å²) >= 11 is 6.91. The number of rotatable bonds is 8. The SMILES string of the molecule is Cc1ccccc1C1=CC=CC(Cl)(COc2ccc([C@H](CC(=O)O)c3ncnn3C)cc2)C1. The first kappa shape index (κ1) is 22.8. The van der Waals surface area contributed by atoms with E-state index in [0.717, 1.165) is 5.56 Å². The van der Waals surface area contributed by atoms with Crippen molar-refractivity contribution in [2.75, 3.05) is 6.61 Å². The predicted octanol–water partition coefficient (Wildman–Crippen LogP) is 5.13. The zero-order valence-electron chi connectivity index (χ0n) is 18.6. The Bertz CT molecular complexity index is 1200. The molecule has 1 heterocycles. The van der Waals surface area contributed by atoms with Crippen LogP contribution in [0.25, 0.3) is 5.57 Å². The number of aryl methyl sites for hydroxylation is 2. The second-order valence-electron chi connectivity index (χ2n) is 8.33. The molecule has 1 aliphatic carbocycles. The highest BCUT2D eigenvalue weighted by atomic mass is 35.5. The average Bonchev–Trinajstić information content (AvgIpc) is 3.22. The smallest absolute Gasteiger partial charge is 0.304 e. The van der Waals surface area contributed by atoms with Crippen molar-refractivity contribution in [2.45, 2.75) is 30.6 Å². The third-order valence-corrected chi connectivity index (χ3v) is 6.23. The van der Waals surface area contributed by atoms with E-state index in [1.54, 1.807) is 11.7 Å². The normalized spacial score (nSPS) is 18.6. The summed E-state index contributed by atoms with van der Waals surface area (Å²) in [4.78, 5) is 15.0. The van der Waals surface area contributed by atoms with Gasteiger partial charge in [0.25, 0.3) is 0 Å². The highest BCUT2D eigenvalue weighted by Crippen LogP contribution is 2.36. The Balaban J connectivity index is 1.44. The summed E-state index contributed by atoms with van der Waals surface area (Å²) in [6.45, 7) is 2.41. The summed E-state index contributed by atoms with van der Waals surface area (Å²) in [7, 11) is 1.76. The number of alkyl halides is 1. The lowest BCUT2D eigenvalue weighted by molar-refractivity contribution is -0.137. The first-order valence-electron chi connectivity index (χ1n) is 10.8. The summed E-state index contributed by atoms with van der Waals surface area (Å²) in [5, 5.41) is 13.4.